The largest absolute Gasteiger partial charge is 0.871 e. The Labute approximate surface area is 324 Å². The zero-order valence-corrected chi connectivity index (χ0v) is 31.0. The molecular weight excluding hydrogens is 786 g/mol. The molecule has 0 fully saturated rings. The quantitative estimate of drug-likeness (QED) is 0.0137. The van der Waals surface area contributed by atoms with E-state index in [-0.39, 0.29) is 59.2 Å². The molecule has 2 aromatic carbocycles. The molecule has 2 aromatic heterocycles. The van der Waals surface area contributed by atoms with Crippen LogP contribution >= 0.6 is 0 Å². The Balaban J connectivity index is 1.50. The van der Waals surface area contributed by atoms with Crippen LogP contribution in [0.3, 0.4) is 0 Å². The van der Waals surface area contributed by atoms with E-state index in [2.05, 4.69) is 23.4 Å². The second-order valence-corrected chi connectivity index (χ2v) is 13.0. The van der Waals surface area contributed by atoms with Gasteiger partial charge in [0.15, 0.2) is 35.6 Å². The minimum Gasteiger partial charge on any atom is -0.871 e. The van der Waals surface area contributed by atoms with Gasteiger partial charge in [-0.05, 0) is 61.5 Å². The second-order valence-electron chi connectivity index (χ2n) is 13.0. The Kier molecular flexibility index (Phi) is 13.3. The number of carbonyl (C=O) groups excluding carboxylic acids is 1. The highest BCUT2D eigenvalue weighted by atomic mass is 19.2. The highest BCUT2D eigenvalue weighted by Crippen LogP contribution is 2.36. The lowest BCUT2D eigenvalue weighted by Gasteiger charge is -2.30. The maximum Gasteiger partial charge on any atom is 0.309 e. The highest BCUT2D eigenvalue weighted by molar-refractivity contribution is 6.51. The average molecular weight is 821 g/mol. The molecule has 0 radical (unpaired) electrons. The van der Waals surface area contributed by atoms with Crippen LogP contribution in [0.25, 0.3) is 17.3 Å². The third-order valence-electron chi connectivity index (χ3n) is 9.35. The van der Waals surface area contributed by atoms with Crippen molar-refractivity contribution >= 4 is 40.7 Å². The Hall–Kier alpha value is -6.20. The SMILES string of the molecule is C=CCCCCN(/N=C/c1ccc(C2=C([O-])/C(=c3\cc/c(=C\N=[N+](CCCCC=C)c4c(F)c(F)c(F)c(F)c4F)n3C)C2=O)n1C)c1c(F)c(F)c(F)c(F)c1F. The molecule has 8 nitrogen and oxygen atoms in total. The monoisotopic (exact) mass is 820 g/mol. The fourth-order valence-corrected chi connectivity index (χ4v) is 6.13. The first-order valence-electron chi connectivity index (χ1n) is 17.6. The zero-order valence-electron chi connectivity index (χ0n) is 31.0. The van der Waals surface area contributed by atoms with Gasteiger partial charge in [-0.2, -0.15) is 13.9 Å². The summed E-state index contributed by atoms with van der Waals surface area (Å²) in [6, 6.07) is 5.59. The van der Waals surface area contributed by atoms with E-state index < -0.39 is 81.1 Å². The summed E-state index contributed by atoms with van der Waals surface area (Å²) in [5, 5.41) is 22.4. The minimum absolute atomic E-state index is 0.111. The van der Waals surface area contributed by atoms with Gasteiger partial charge in [0, 0.05) is 38.2 Å². The van der Waals surface area contributed by atoms with Crippen molar-refractivity contribution in [1.82, 2.24) is 9.13 Å². The van der Waals surface area contributed by atoms with Crippen LogP contribution in [0.1, 0.15) is 49.9 Å². The van der Waals surface area contributed by atoms with Crippen molar-refractivity contribution in [1.29, 1.82) is 0 Å². The summed E-state index contributed by atoms with van der Waals surface area (Å²) >= 11 is 0. The van der Waals surface area contributed by atoms with Gasteiger partial charge in [-0.1, -0.05) is 22.6 Å². The third-order valence-corrected chi connectivity index (χ3v) is 9.35. The van der Waals surface area contributed by atoms with Gasteiger partial charge in [0.25, 0.3) is 0 Å². The Morgan fingerprint density at radius 3 is 1.83 bits per heavy atom. The molecule has 2 heterocycles. The molecule has 0 N–H and O–H groups in total. The van der Waals surface area contributed by atoms with E-state index in [1.54, 1.807) is 12.2 Å². The number of anilines is 1. The number of rotatable bonds is 16. The van der Waals surface area contributed by atoms with Gasteiger partial charge in [0.05, 0.1) is 28.3 Å². The fourth-order valence-electron chi connectivity index (χ4n) is 6.13. The first-order chi connectivity index (χ1) is 27.6. The van der Waals surface area contributed by atoms with E-state index in [4.69, 9.17) is 0 Å². The minimum atomic E-state index is -2.33. The molecular formula is C40H34F10N6O2. The lowest BCUT2D eigenvalue weighted by Crippen LogP contribution is -2.37. The molecule has 306 valence electrons. The van der Waals surface area contributed by atoms with Gasteiger partial charge in [-0.15, -0.1) is 13.2 Å². The van der Waals surface area contributed by atoms with E-state index >= 15 is 0 Å². The first-order valence-corrected chi connectivity index (χ1v) is 17.6. The van der Waals surface area contributed by atoms with Crippen LogP contribution in [0.4, 0.5) is 55.3 Å². The molecule has 0 unspecified atom stereocenters. The highest BCUT2D eigenvalue weighted by Gasteiger charge is 2.35. The van der Waals surface area contributed by atoms with Crippen LogP contribution in [0, 0.1) is 58.2 Å². The average Bonchev–Trinajstić information content (AvgIpc) is 3.75. The van der Waals surface area contributed by atoms with Crippen molar-refractivity contribution in [3.8, 4) is 0 Å². The predicted molar refractivity (Wildman–Crippen MR) is 193 cm³/mol. The standard InChI is InChI=1S/C40H34F10N6O2/c1-5-7-9-11-17-55(37-33(47)29(43)27(41)30(44)34(37)48)51-19-21-13-15-23(53(21)3)25-39(57)26(40(25)58)24-16-14-22(54(24)4)20-52-56(18-12-10-8-6-2)38-35(49)31(45)28(42)32(46)36(38)50/h5-6,13-16,19-20H,1-2,7-12,17-18H2,3-4H3. The maximum absolute atomic E-state index is 14.8. The van der Waals surface area contributed by atoms with Crippen LogP contribution in [-0.2, 0) is 18.9 Å². The van der Waals surface area contributed by atoms with E-state index in [0.29, 0.717) is 35.4 Å². The summed E-state index contributed by atoms with van der Waals surface area (Å²) in [6.45, 7) is 6.66. The number of carbonyl (C=O) groups is 1. The molecule has 1 aliphatic carbocycles. The molecule has 0 saturated heterocycles. The van der Waals surface area contributed by atoms with Gasteiger partial charge in [-0.25, -0.2) is 35.1 Å². The van der Waals surface area contributed by atoms with Crippen molar-refractivity contribution in [3.05, 3.63) is 136 Å². The summed E-state index contributed by atoms with van der Waals surface area (Å²) in [4.78, 5) is 13.5. The van der Waals surface area contributed by atoms with Crippen LogP contribution in [0.15, 0.2) is 65.6 Å². The number of allylic oxidation sites excluding steroid dienone is 4. The van der Waals surface area contributed by atoms with Crippen LogP contribution in [0.2, 0.25) is 0 Å². The molecule has 0 spiro atoms. The third kappa shape index (κ3) is 7.99. The Morgan fingerprint density at radius 2 is 1.26 bits per heavy atom. The van der Waals surface area contributed by atoms with Crippen LogP contribution < -0.4 is 20.8 Å². The molecule has 18 heteroatoms. The summed E-state index contributed by atoms with van der Waals surface area (Å²) in [7, 11) is 2.89. The Bertz CT molecular complexity index is 2480. The summed E-state index contributed by atoms with van der Waals surface area (Å²) in [5.74, 6) is -22.9. The van der Waals surface area contributed by atoms with Crippen LogP contribution in [0.5, 0.6) is 0 Å². The van der Waals surface area contributed by atoms with Gasteiger partial charge in [-0.3, -0.25) is 9.80 Å². The molecule has 58 heavy (non-hydrogen) atoms. The number of Topliss-reactive ketones (excluding diaryl/α,β-unsaturated/α-hetero) is 1. The molecule has 0 bridgehead atoms. The first kappa shape index (κ1) is 42.9. The van der Waals surface area contributed by atoms with Crippen molar-refractivity contribution in [2.75, 3.05) is 18.1 Å². The molecule has 1 aliphatic rings. The lowest BCUT2D eigenvalue weighted by molar-refractivity contribution is -0.512. The summed E-state index contributed by atoms with van der Waals surface area (Å²) in [5.41, 5.74) is -2.73. The van der Waals surface area contributed by atoms with E-state index in [0.717, 1.165) is 12.4 Å². The molecule has 5 rings (SSSR count). The van der Waals surface area contributed by atoms with Gasteiger partial charge in [0.2, 0.25) is 34.9 Å². The van der Waals surface area contributed by atoms with Crippen molar-refractivity contribution in [2.24, 2.45) is 24.3 Å². The van der Waals surface area contributed by atoms with Gasteiger partial charge in [0.1, 0.15) is 11.9 Å². The van der Waals surface area contributed by atoms with Gasteiger partial charge < -0.3 is 14.2 Å². The number of azo groups is 2. The Morgan fingerprint density at radius 1 is 0.707 bits per heavy atom. The number of ketones is 1. The smallest absolute Gasteiger partial charge is 0.309 e. The molecule has 4 aromatic rings. The van der Waals surface area contributed by atoms with Crippen molar-refractivity contribution in [3.63, 3.8) is 0 Å². The van der Waals surface area contributed by atoms with Crippen molar-refractivity contribution < 1.29 is 58.5 Å². The molecule has 0 amide bonds. The molecule has 0 aliphatic heterocycles. The lowest BCUT2D eigenvalue weighted by atomic mass is 9.85. The number of unbranched alkanes of at least 4 members (excludes halogenated alkanes) is 4. The number of hydrogen-bond donors (Lipinski definition) is 0. The molecule has 0 saturated carbocycles. The molecule has 0 atom stereocenters. The summed E-state index contributed by atoms with van der Waals surface area (Å²) < 4.78 is 146. The van der Waals surface area contributed by atoms with E-state index in [1.165, 1.54) is 47.5 Å². The predicted octanol–water partition coefficient (Wildman–Crippen LogP) is 7.35. The fraction of sp³-hybridized carbons (Fsp3) is 0.250. The van der Waals surface area contributed by atoms with Crippen LogP contribution in [-0.4, -0.2) is 38.9 Å². The normalized spacial score (nSPS) is 14.6. The number of aromatic nitrogens is 2. The van der Waals surface area contributed by atoms with Crippen molar-refractivity contribution in [2.45, 2.75) is 38.5 Å². The number of hydrazone groups is 1. The van der Waals surface area contributed by atoms with Gasteiger partial charge >= 0.3 is 5.69 Å². The number of benzene rings is 2. The zero-order chi connectivity index (χ0) is 42.6. The number of hydrogen-bond acceptors (Lipinski definition) is 5. The maximum atomic E-state index is 14.8. The topological polar surface area (TPSA) is 81.0 Å². The number of nitrogens with zero attached hydrogens (tertiary/aromatic N) is 6. The number of halogens is 10. The van der Waals surface area contributed by atoms with E-state index in [9.17, 15) is 53.8 Å². The second kappa shape index (κ2) is 17.9. The van der Waals surface area contributed by atoms with E-state index in [1.807, 2.05) is 0 Å². The summed E-state index contributed by atoms with van der Waals surface area (Å²) in [6.07, 6.45) is 7.70.